The highest BCUT2D eigenvalue weighted by molar-refractivity contribution is 6.23. The van der Waals surface area contributed by atoms with Crippen molar-refractivity contribution < 1.29 is 4.79 Å². The second kappa shape index (κ2) is 8.71. The van der Waals surface area contributed by atoms with Crippen LogP contribution < -0.4 is 16.8 Å². The minimum absolute atomic E-state index is 0.0392. The molecule has 4 rings (SSSR count). The fourth-order valence-corrected chi connectivity index (χ4v) is 3.28. The highest BCUT2D eigenvalue weighted by atomic mass is 16.1. The molecule has 1 aliphatic carbocycles. The van der Waals surface area contributed by atoms with Crippen LogP contribution in [0.1, 0.15) is 11.1 Å². The van der Waals surface area contributed by atoms with Gasteiger partial charge in [0.2, 0.25) is 0 Å². The molecule has 5 N–H and O–H groups in total. The first kappa shape index (κ1) is 20.2. The molecular weight excluding hydrogens is 384 g/mol. The van der Waals surface area contributed by atoms with Gasteiger partial charge in [-0.2, -0.15) is 0 Å². The van der Waals surface area contributed by atoms with Gasteiger partial charge in [0.15, 0.2) is 5.78 Å². The Morgan fingerprint density at radius 1 is 0.806 bits per heavy atom. The molecule has 0 saturated carbocycles. The van der Waals surface area contributed by atoms with E-state index in [9.17, 15) is 4.79 Å². The summed E-state index contributed by atoms with van der Waals surface area (Å²) < 4.78 is 0. The van der Waals surface area contributed by atoms with Crippen molar-refractivity contribution in [3.05, 3.63) is 107 Å². The minimum Gasteiger partial charge on any atom is -0.399 e. The van der Waals surface area contributed by atoms with E-state index in [0.717, 1.165) is 16.9 Å². The highest BCUT2D eigenvalue weighted by Gasteiger charge is 2.19. The fourth-order valence-electron chi connectivity index (χ4n) is 3.28. The molecule has 5 nitrogen and oxygen atoms in total. The van der Waals surface area contributed by atoms with Crippen molar-refractivity contribution in [1.29, 1.82) is 0 Å². The minimum atomic E-state index is -0.0392. The lowest BCUT2D eigenvalue weighted by atomic mass is 9.94. The van der Waals surface area contributed by atoms with Gasteiger partial charge in [0, 0.05) is 35.1 Å². The van der Waals surface area contributed by atoms with E-state index in [2.05, 4.69) is 5.32 Å². The number of rotatable bonds is 5. The molecule has 0 atom stereocenters. The Morgan fingerprint density at radius 2 is 1.42 bits per heavy atom. The van der Waals surface area contributed by atoms with E-state index < -0.39 is 0 Å². The van der Waals surface area contributed by atoms with E-state index in [0.29, 0.717) is 34.8 Å². The zero-order chi connectivity index (χ0) is 21.8. The molecule has 0 radical (unpaired) electrons. The number of aliphatic imine (C=N–C) groups is 1. The van der Waals surface area contributed by atoms with Gasteiger partial charge in [-0.15, -0.1) is 0 Å². The monoisotopic (exact) mass is 408 g/mol. The number of allylic oxidation sites excluding steroid dienone is 3. The zero-order valence-corrected chi connectivity index (χ0v) is 17.3. The van der Waals surface area contributed by atoms with E-state index in [1.165, 1.54) is 5.56 Å². The first-order valence-electron chi connectivity index (χ1n) is 10.1. The van der Waals surface area contributed by atoms with Crippen LogP contribution in [-0.2, 0) is 11.2 Å². The van der Waals surface area contributed by atoms with E-state index in [1.807, 2.05) is 85.8 Å². The number of nitrogens with two attached hydrogens (primary N) is 2. The van der Waals surface area contributed by atoms with Gasteiger partial charge in [0.05, 0.1) is 17.1 Å². The van der Waals surface area contributed by atoms with Gasteiger partial charge in [-0.25, -0.2) is 4.99 Å². The number of anilines is 3. The van der Waals surface area contributed by atoms with Gasteiger partial charge >= 0.3 is 0 Å². The third-order valence-electron chi connectivity index (χ3n) is 5.03. The van der Waals surface area contributed by atoms with Gasteiger partial charge < -0.3 is 16.8 Å². The van der Waals surface area contributed by atoms with Crippen molar-refractivity contribution in [2.75, 3.05) is 16.8 Å². The number of ketones is 1. The van der Waals surface area contributed by atoms with Crippen LogP contribution in [0, 0.1) is 6.92 Å². The fraction of sp³-hybridized carbons (Fsp3) is 0.0769. The van der Waals surface area contributed by atoms with E-state index in [-0.39, 0.29) is 5.78 Å². The molecule has 154 valence electrons. The molecule has 0 unspecified atom stereocenters. The van der Waals surface area contributed by atoms with Crippen molar-refractivity contribution in [2.24, 2.45) is 4.99 Å². The number of hydrogen-bond acceptors (Lipinski definition) is 5. The molecule has 0 amide bonds. The maximum absolute atomic E-state index is 12.9. The average molecular weight is 409 g/mol. The summed E-state index contributed by atoms with van der Waals surface area (Å²) in [6.07, 6.45) is 3.97. The Hall–Kier alpha value is -4.12. The van der Waals surface area contributed by atoms with Crippen LogP contribution in [0.15, 0.2) is 101 Å². The topological polar surface area (TPSA) is 93.5 Å². The summed E-state index contributed by atoms with van der Waals surface area (Å²) in [6, 6.07) is 22.9. The third kappa shape index (κ3) is 5.08. The van der Waals surface area contributed by atoms with Crippen LogP contribution in [0.5, 0.6) is 0 Å². The Kier molecular flexibility index (Phi) is 5.67. The van der Waals surface area contributed by atoms with Crippen LogP contribution in [0.3, 0.4) is 0 Å². The van der Waals surface area contributed by atoms with Crippen molar-refractivity contribution in [3.63, 3.8) is 0 Å². The molecule has 0 saturated heterocycles. The van der Waals surface area contributed by atoms with Gasteiger partial charge in [0.25, 0.3) is 0 Å². The number of nitrogens with zero attached hydrogens (tertiary/aromatic N) is 1. The molecule has 0 spiro atoms. The summed E-state index contributed by atoms with van der Waals surface area (Å²) in [6.45, 7) is 2.04. The second-order valence-corrected chi connectivity index (χ2v) is 7.59. The number of carbonyl (C=O) groups is 1. The number of aryl methyl sites for hydroxylation is 1. The lowest BCUT2D eigenvalue weighted by Gasteiger charge is -2.18. The first-order chi connectivity index (χ1) is 15.0. The molecule has 3 aromatic carbocycles. The van der Waals surface area contributed by atoms with Crippen LogP contribution in [-0.4, -0.2) is 11.5 Å². The van der Waals surface area contributed by atoms with Crippen LogP contribution in [0.25, 0.3) is 0 Å². The molecule has 1 aliphatic rings. The van der Waals surface area contributed by atoms with Crippen LogP contribution in [0.4, 0.5) is 22.7 Å². The summed E-state index contributed by atoms with van der Waals surface area (Å²) in [4.78, 5) is 17.7. The Balaban J connectivity index is 1.68. The normalized spacial score (nSPS) is 14.9. The predicted octanol–water partition coefficient (Wildman–Crippen LogP) is 4.98. The Morgan fingerprint density at radius 3 is 2.06 bits per heavy atom. The summed E-state index contributed by atoms with van der Waals surface area (Å²) >= 11 is 0. The Labute approximate surface area is 181 Å². The third-order valence-corrected chi connectivity index (χ3v) is 5.03. The van der Waals surface area contributed by atoms with Gasteiger partial charge in [0.1, 0.15) is 0 Å². The molecule has 3 aromatic rings. The Bertz CT molecular complexity index is 1190. The molecule has 0 aromatic heterocycles. The largest absolute Gasteiger partial charge is 0.399 e. The maximum Gasteiger partial charge on any atom is 0.184 e. The average Bonchev–Trinajstić information content (AvgIpc) is 2.76. The summed E-state index contributed by atoms with van der Waals surface area (Å²) in [7, 11) is 0. The quantitative estimate of drug-likeness (QED) is 0.410. The lowest BCUT2D eigenvalue weighted by Crippen LogP contribution is -2.19. The van der Waals surface area contributed by atoms with E-state index in [4.69, 9.17) is 16.5 Å². The van der Waals surface area contributed by atoms with Gasteiger partial charge in [-0.05, 0) is 67.1 Å². The lowest BCUT2D eigenvalue weighted by molar-refractivity contribution is -0.111. The second-order valence-electron chi connectivity index (χ2n) is 7.59. The highest BCUT2D eigenvalue weighted by Crippen LogP contribution is 2.23. The zero-order valence-electron chi connectivity index (χ0n) is 17.3. The predicted molar refractivity (Wildman–Crippen MR) is 128 cm³/mol. The summed E-state index contributed by atoms with van der Waals surface area (Å²) in [5.74, 6) is -0.0392. The van der Waals surface area contributed by atoms with Gasteiger partial charge in [-0.3, -0.25) is 4.79 Å². The number of nitrogens with one attached hydrogen (secondary N) is 1. The number of nitrogen functional groups attached to an aromatic ring is 2. The van der Waals surface area contributed by atoms with Crippen LogP contribution in [0.2, 0.25) is 0 Å². The van der Waals surface area contributed by atoms with Gasteiger partial charge in [-0.1, -0.05) is 29.8 Å². The number of carbonyl (C=O) groups excluding carboxylic acids is 1. The molecule has 31 heavy (non-hydrogen) atoms. The molecule has 5 heteroatoms. The summed E-state index contributed by atoms with van der Waals surface area (Å²) in [5.41, 5.74) is 18.8. The summed E-state index contributed by atoms with van der Waals surface area (Å²) in [5, 5.41) is 3.34. The number of hydrogen-bond donors (Lipinski definition) is 3. The molecule has 0 heterocycles. The van der Waals surface area contributed by atoms with Crippen molar-refractivity contribution >= 4 is 34.2 Å². The van der Waals surface area contributed by atoms with Crippen molar-refractivity contribution in [2.45, 2.75) is 13.3 Å². The number of benzene rings is 3. The first-order valence-corrected chi connectivity index (χ1v) is 10.1. The molecule has 0 fully saturated rings. The SMILES string of the molecule is Cc1ccc(NC2=CC(=O)C(Cc3ccc(N)cc3)=CC2=Nc2ccc(N)cc2)cc1. The standard InChI is InChI=1S/C26H24N4O/c1-17-2-10-22(11-3-17)30-25-16-26(31)19(14-18-4-6-20(27)7-5-18)15-24(25)29-23-12-8-21(28)9-13-23/h2-13,15-16,30H,14,27-28H2,1H3. The maximum atomic E-state index is 12.9. The molecule has 0 bridgehead atoms. The molecule has 0 aliphatic heterocycles. The van der Waals surface area contributed by atoms with Crippen molar-refractivity contribution in [1.82, 2.24) is 0 Å². The smallest absolute Gasteiger partial charge is 0.184 e. The van der Waals surface area contributed by atoms with E-state index in [1.54, 1.807) is 6.08 Å². The van der Waals surface area contributed by atoms with Crippen molar-refractivity contribution in [3.8, 4) is 0 Å². The molecular formula is C26H24N4O. The van der Waals surface area contributed by atoms with Crippen LogP contribution >= 0.6 is 0 Å². The van der Waals surface area contributed by atoms with E-state index >= 15 is 0 Å².